The van der Waals surface area contributed by atoms with Crippen molar-refractivity contribution in [3.8, 4) is 11.5 Å². The van der Waals surface area contributed by atoms with Crippen LogP contribution in [-0.4, -0.2) is 77.8 Å². The monoisotopic (exact) mass is 456 g/mol. The molecule has 0 spiro atoms. The van der Waals surface area contributed by atoms with Gasteiger partial charge in [-0.25, -0.2) is 0 Å². The van der Waals surface area contributed by atoms with Gasteiger partial charge >= 0.3 is 0 Å². The van der Waals surface area contributed by atoms with Gasteiger partial charge in [-0.3, -0.25) is 14.3 Å². The van der Waals surface area contributed by atoms with Crippen molar-refractivity contribution in [2.45, 2.75) is 26.3 Å². The molecule has 1 aromatic heterocycles. The van der Waals surface area contributed by atoms with Crippen LogP contribution in [0.5, 0.6) is 11.5 Å². The smallest absolute Gasteiger partial charge is 0.295 e. The van der Waals surface area contributed by atoms with E-state index in [4.69, 9.17) is 9.47 Å². The Morgan fingerprint density at radius 3 is 2.36 bits per heavy atom. The van der Waals surface area contributed by atoms with Gasteiger partial charge in [-0.05, 0) is 58.6 Å². The van der Waals surface area contributed by atoms with Gasteiger partial charge in [0.2, 0.25) is 0 Å². The molecule has 9 nitrogen and oxygen atoms in total. The second-order valence-corrected chi connectivity index (χ2v) is 8.43. The molecule has 1 N–H and O–H groups in total. The molecule has 0 saturated carbocycles. The lowest BCUT2D eigenvalue weighted by Gasteiger charge is -2.26. The molecule has 1 aliphatic rings. The number of Topliss-reactive ketones (excluding diaryl/α,β-unsaturated/α-hetero) is 1. The average Bonchev–Trinajstić information content (AvgIpc) is 3.18. The molecule has 1 saturated heterocycles. The molecule has 1 fully saturated rings. The van der Waals surface area contributed by atoms with Crippen molar-refractivity contribution in [3.05, 3.63) is 46.3 Å². The van der Waals surface area contributed by atoms with Gasteiger partial charge in [-0.15, -0.1) is 0 Å². The predicted octanol–water partition coefficient (Wildman–Crippen LogP) is 2.43. The standard InChI is InChI=1S/C24H32N4O5/c1-14-19(15(2)27(5)25-14)22(29)20-21(16-9-10-17(32-6)18(13-16)33-7)28(24(31)23(20)30)12-8-11-26(3)4/h9-10,13,21,29H,8,11-12H2,1-7H3/b22-20+/t21-/m1/s1. The van der Waals surface area contributed by atoms with E-state index in [-0.39, 0.29) is 11.3 Å². The summed E-state index contributed by atoms with van der Waals surface area (Å²) < 4.78 is 12.4. The molecule has 1 atom stereocenters. The molecule has 2 heterocycles. The second kappa shape index (κ2) is 9.66. The van der Waals surface area contributed by atoms with E-state index >= 15 is 0 Å². The first-order chi connectivity index (χ1) is 15.6. The normalized spacial score (nSPS) is 17.8. The van der Waals surface area contributed by atoms with Crippen LogP contribution in [0, 0.1) is 13.8 Å². The minimum absolute atomic E-state index is 0.0521. The maximum atomic E-state index is 13.2. The number of methoxy groups -OCH3 is 2. The molecule has 1 aromatic carbocycles. The molecule has 2 aromatic rings. The second-order valence-electron chi connectivity index (χ2n) is 8.43. The topological polar surface area (TPSA) is 97.1 Å². The number of likely N-dealkylation sites (tertiary alicyclic amines) is 1. The fourth-order valence-electron chi connectivity index (χ4n) is 4.29. The lowest BCUT2D eigenvalue weighted by molar-refractivity contribution is -0.139. The lowest BCUT2D eigenvalue weighted by Crippen LogP contribution is -2.32. The van der Waals surface area contributed by atoms with Gasteiger partial charge < -0.3 is 24.4 Å². The highest BCUT2D eigenvalue weighted by atomic mass is 16.5. The molecule has 0 aliphatic carbocycles. The van der Waals surface area contributed by atoms with Gasteiger partial charge in [0.25, 0.3) is 11.7 Å². The molecule has 0 unspecified atom stereocenters. The van der Waals surface area contributed by atoms with Crippen LogP contribution in [0.2, 0.25) is 0 Å². The first-order valence-corrected chi connectivity index (χ1v) is 10.8. The third-order valence-corrected chi connectivity index (χ3v) is 6.01. The summed E-state index contributed by atoms with van der Waals surface area (Å²) in [5.41, 5.74) is 2.45. The van der Waals surface area contributed by atoms with Crippen molar-refractivity contribution >= 4 is 17.4 Å². The van der Waals surface area contributed by atoms with Crippen LogP contribution in [0.4, 0.5) is 0 Å². The maximum Gasteiger partial charge on any atom is 0.295 e. The third-order valence-electron chi connectivity index (χ3n) is 6.01. The van der Waals surface area contributed by atoms with E-state index in [1.165, 1.54) is 12.0 Å². The highest BCUT2D eigenvalue weighted by Crippen LogP contribution is 2.42. The van der Waals surface area contributed by atoms with Crippen molar-refractivity contribution in [2.24, 2.45) is 7.05 Å². The van der Waals surface area contributed by atoms with Crippen LogP contribution >= 0.6 is 0 Å². The number of ketones is 1. The number of aliphatic hydroxyl groups is 1. The van der Waals surface area contributed by atoms with E-state index in [1.807, 2.05) is 25.9 Å². The Hall–Kier alpha value is -3.33. The van der Waals surface area contributed by atoms with E-state index in [0.29, 0.717) is 47.0 Å². The first kappa shape index (κ1) is 24.3. The predicted molar refractivity (Wildman–Crippen MR) is 124 cm³/mol. The van der Waals surface area contributed by atoms with Crippen molar-refractivity contribution in [3.63, 3.8) is 0 Å². The van der Waals surface area contributed by atoms with E-state index in [2.05, 4.69) is 5.10 Å². The number of aromatic nitrogens is 2. The Kier molecular flexibility index (Phi) is 7.12. The highest BCUT2D eigenvalue weighted by molar-refractivity contribution is 6.46. The third kappa shape index (κ3) is 4.45. The minimum atomic E-state index is -0.758. The van der Waals surface area contributed by atoms with Crippen molar-refractivity contribution in [1.82, 2.24) is 19.6 Å². The van der Waals surface area contributed by atoms with Crippen LogP contribution < -0.4 is 9.47 Å². The largest absolute Gasteiger partial charge is 0.507 e. The molecule has 33 heavy (non-hydrogen) atoms. The van der Waals surface area contributed by atoms with E-state index in [1.54, 1.807) is 44.0 Å². The summed E-state index contributed by atoms with van der Waals surface area (Å²) in [6.07, 6.45) is 0.675. The van der Waals surface area contributed by atoms with Crippen LogP contribution in [-0.2, 0) is 16.6 Å². The Labute approximate surface area is 194 Å². The fourth-order valence-corrected chi connectivity index (χ4v) is 4.29. The van der Waals surface area contributed by atoms with Crippen molar-refractivity contribution in [2.75, 3.05) is 41.4 Å². The molecule has 0 radical (unpaired) electrons. The number of carbonyl (C=O) groups is 2. The van der Waals surface area contributed by atoms with E-state index in [9.17, 15) is 14.7 Å². The molecular weight excluding hydrogens is 424 g/mol. The Balaban J connectivity index is 2.20. The summed E-state index contributed by atoms with van der Waals surface area (Å²) in [6, 6.07) is 4.50. The number of carbonyl (C=O) groups excluding carboxylic acids is 2. The Morgan fingerprint density at radius 2 is 1.82 bits per heavy atom. The molecule has 0 bridgehead atoms. The van der Waals surface area contributed by atoms with Crippen LogP contribution in [0.1, 0.15) is 35.0 Å². The van der Waals surface area contributed by atoms with Gasteiger partial charge in [0, 0.05) is 19.3 Å². The molecule has 1 aliphatic heterocycles. The maximum absolute atomic E-state index is 13.2. The molecule has 178 valence electrons. The van der Waals surface area contributed by atoms with E-state index < -0.39 is 17.7 Å². The summed E-state index contributed by atoms with van der Waals surface area (Å²) in [6.45, 7) is 4.69. The zero-order chi connectivity index (χ0) is 24.4. The number of hydrogen-bond donors (Lipinski definition) is 1. The number of amides is 1. The minimum Gasteiger partial charge on any atom is -0.507 e. The Bertz CT molecular complexity index is 1100. The number of rotatable bonds is 8. The summed E-state index contributed by atoms with van der Waals surface area (Å²) in [7, 11) is 8.74. The van der Waals surface area contributed by atoms with Gasteiger partial charge in [0.05, 0.1) is 37.1 Å². The number of nitrogens with zero attached hydrogens (tertiary/aromatic N) is 4. The SMILES string of the molecule is COc1ccc([C@@H]2/C(=C(\O)c3c(C)nn(C)c3C)C(=O)C(=O)N2CCCN(C)C)cc1OC. The fraction of sp³-hybridized carbons (Fsp3) is 0.458. The quantitative estimate of drug-likeness (QED) is 0.370. The summed E-state index contributed by atoms with van der Waals surface area (Å²) in [5, 5.41) is 15.7. The van der Waals surface area contributed by atoms with E-state index in [0.717, 1.165) is 6.54 Å². The van der Waals surface area contributed by atoms with Gasteiger partial charge in [-0.2, -0.15) is 5.10 Å². The average molecular weight is 457 g/mol. The number of hydrogen-bond acceptors (Lipinski definition) is 7. The summed E-state index contributed by atoms with van der Waals surface area (Å²) in [5.74, 6) is -0.548. The van der Waals surface area contributed by atoms with Crippen molar-refractivity contribution in [1.29, 1.82) is 0 Å². The molecule has 9 heteroatoms. The highest BCUT2D eigenvalue weighted by Gasteiger charge is 2.46. The number of aliphatic hydroxyl groups excluding tert-OH is 1. The zero-order valence-corrected chi connectivity index (χ0v) is 20.3. The van der Waals surface area contributed by atoms with Crippen LogP contribution in [0.15, 0.2) is 23.8 Å². The molecule has 1 amide bonds. The van der Waals surface area contributed by atoms with Crippen LogP contribution in [0.3, 0.4) is 0 Å². The molecule has 3 rings (SSSR count). The summed E-state index contributed by atoms with van der Waals surface area (Å²) in [4.78, 5) is 29.9. The first-order valence-electron chi connectivity index (χ1n) is 10.8. The zero-order valence-electron chi connectivity index (χ0n) is 20.3. The molecular formula is C24H32N4O5. The van der Waals surface area contributed by atoms with Crippen molar-refractivity contribution < 1.29 is 24.2 Å². The lowest BCUT2D eigenvalue weighted by atomic mass is 9.94. The van der Waals surface area contributed by atoms with Gasteiger partial charge in [-0.1, -0.05) is 6.07 Å². The van der Waals surface area contributed by atoms with Crippen LogP contribution in [0.25, 0.3) is 5.76 Å². The number of aryl methyl sites for hydroxylation is 2. The number of benzene rings is 1. The Morgan fingerprint density at radius 1 is 1.15 bits per heavy atom. The summed E-state index contributed by atoms with van der Waals surface area (Å²) >= 11 is 0. The van der Waals surface area contributed by atoms with Gasteiger partial charge in [0.15, 0.2) is 11.5 Å². The number of ether oxygens (including phenoxy) is 2. The van der Waals surface area contributed by atoms with Gasteiger partial charge in [0.1, 0.15) is 5.76 Å².